The number of halogens is 2. The lowest BCUT2D eigenvalue weighted by atomic mass is 9.97. The van der Waals surface area contributed by atoms with E-state index in [0.717, 1.165) is 16.8 Å². The zero-order valence-corrected chi connectivity index (χ0v) is 14.0. The van der Waals surface area contributed by atoms with Crippen LogP contribution in [-0.4, -0.2) is 15.8 Å². The second-order valence-electron chi connectivity index (χ2n) is 5.45. The van der Waals surface area contributed by atoms with E-state index in [1.165, 1.54) is 11.1 Å². The fourth-order valence-electron chi connectivity index (χ4n) is 2.69. The Labute approximate surface area is 144 Å². The van der Waals surface area contributed by atoms with Crippen LogP contribution in [0.4, 0.5) is 4.39 Å². The first-order valence-electron chi connectivity index (χ1n) is 7.14. The molecule has 0 amide bonds. The Kier molecular flexibility index (Phi) is 4.33. The molecule has 0 radical (unpaired) electrons. The third-order valence-corrected chi connectivity index (χ3v) is 4.37. The lowest BCUT2D eigenvalue weighted by Gasteiger charge is -2.23. The molecule has 3 nitrogen and oxygen atoms in total. The summed E-state index contributed by atoms with van der Waals surface area (Å²) in [5.74, 6) is -0.385. The first-order chi connectivity index (χ1) is 11.0. The molecule has 0 bridgehead atoms. The summed E-state index contributed by atoms with van der Waals surface area (Å²) < 4.78 is 14.3. The molecule has 3 rings (SSSR count). The predicted octanol–water partition coefficient (Wildman–Crippen LogP) is 4.18. The van der Waals surface area contributed by atoms with Gasteiger partial charge in [-0.25, -0.2) is 9.40 Å². The molecule has 1 aliphatic rings. The van der Waals surface area contributed by atoms with E-state index >= 15 is 0 Å². The molecule has 23 heavy (non-hydrogen) atoms. The second-order valence-corrected chi connectivity index (χ2v) is 6.28. The average molecular weight is 348 g/mol. The van der Waals surface area contributed by atoms with E-state index in [9.17, 15) is 4.39 Å². The summed E-state index contributed by atoms with van der Waals surface area (Å²) >= 11 is 11.3. The molecule has 0 aromatic heterocycles. The van der Waals surface area contributed by atoms with Crippen molar-refractivity contribution in [3.8, 4) is 0 Å². The van der Waals surface area contributed by atoms with Gasteiger partial charge in [-0.1, -0.05) is 47.5 Å². The summed E-state index contributed by atoms with van der Waals surface area (Å²) in [6, 6.07) is 12.2. The molecule has 0 fully saturated rings. The van der Waals surface area contributed by atoms with Crippen LogP contribution in [0.15, 0.2) is 47.6 Å². The third-order valence-electron chi connectivity index (χ3n) is 3.85. The molecule has 0 aliphatic carbocycles. The Balaban J connectivity index is 2.01. The standard InChI is InChI=1S/C17H15ClFN3S/c1-10-5-7-11(8-6-10)14-9-15(22(21-14)17(20)23)16-12(18)3-2-4-13(16)19/h2-8,15H,9H2,1H3,(H2,20,23). The van der Waals surface area contributed by atoms with Crippen molar-refractivity contribution in [2.45, 2.75) is 19.4 Å². The van der Waals surface area contributed by atoms with Gasteiger partial charge in [0.05, 0.1) is 11.8 Å². The quantitative estimate of drug-likeness (QED) is 0.828. The van der Waals surface area contributed by atoms with Crippen LogP contribution >= 0.6 is 23.8 Å². The molecule has 0 saturated heterocycles. The highest BCUT2D eigenvalue weighted by atomic mass is 35.5. The molecule has 1 heterocycles. The normalized spacial score (nSPS) is 17.3. The van der Waals surface area contributed by atoms with Crippen molar-refractivity contribution in [3.05, 3.63) is 70.0 Å². The molecular weight excluding hydrogens is 333 g/mol. The Hall–Kier alpha value is -1.98. The SMILES string of the molecule is Cc1ccc(C2=NN(C(N)=S)C(c3c(F)cccc3Cl)C2)cc1. The van der Waals surface area contributed by atoms with Gasteiger partial charge in [0.15, 0.2) is 5.11 Å². The number of thiocarbonyl (C=S) groups is 1. The van der Waals surface area contributed by atoms with Gasteiger partial charge >= 0.3 is 0 Å². The lowest BCUT2D eigenvalue weighted by Crippen LogP contribution is -2.32. The van der Waals surface area contributed by atoms with E-state index in [-0.39, 0.29) is 10.9 Å². The van der Waals surface area contributed by atoms with E-state index in [1.54, 1.807) is 12.1 Å². The van der Waals surface area contributed by atoms with Gasteiger partial charge in [0.1, 0.15) is 5.82 Å². The number of aryl methyl sites for hydroxylation is 1. The summed E-state index contributed by atoms with van der Waals surface area (Å²) in [7, 11) is 0. The van der Waals surface area contributed by atoms with E-state index in [2.05, 4.69) is 5.10 Å². The van der Waals surface area contributed by atoms with Crippen LogP contribution in [0, 0.1) is 12.7 Å². The number of nitrogens with zero attached hydrogens (tertiary/aromatic N) is 2. The molecule has 118 valence electrons. The first-order valence-corrected chi connectivity index (χ1v) is 7.93. The Morgan fingerprint density at radius 2 is 2.00 bits per heavy atom. The number of hydrogen-bond donors (Lipinski definition) is 1. The molecule has 0 spiro atoms. The Morgan fingerprint density at radius 1 is 1.30 bits per heavy atom. The average Bonchev–Trinajstić information content (AvgIpc) is 2.93. The van der Waals surface area contributed by atoms with E-state index in [4.69, 9.17) is 29.6 Å². The largest absolute Gasteiger partial charge is 0.375 e. The maximum Gasteiger partial charge on any atom is 0.187 e. The molecule has 1 atom stereocenters. The van der Waals surface area contributed by atoms with Crippen LogP contribution in [-0.2, 0) is 0 Å². The zero-order valence-electron chi connectivity index (χ0n) is 12.5. The minimum absolute atomic E-state index is 0.0939. The molecule has 2 aromatic rings. The summed E-state index contributed by atoms with van der Waals surface area (Å²) in [6.45, 7) is 2.02. The monoisotopic (exact) mass is 347 g/mol. The highest BCUT2D eigenvalue weighted by molar-refractivity contribution is 7.80. The minimum atomic E-state index is -0.433. The van der Waals surface area contributed by atoms with E-state index in [0.29, 0.717) is 17.0 Å². The number of rotatable bonds is 2. The Morgan fingerprint density at radius 3 is 2.61 bits per heavy atom. The minimum Gasteiger partial charge on any atom is -0.375 e. The molecular formula is C17H15ClFN3S. The van der Waals surface area contributed by atoms with Crippen molar-refractivity contribution in [1.82, 2.24) is 5.01 Å². The Bertz CT molecular complexity index is 769. The summed E-state index contributed by atoms with van der Waals surface area (Å²) in [4.78, 5) is 0. The molecule has 0 saturated carbocycles. The van der Waals surface area contributed by atoms with Crippen LogP contribution < -0.4 is 5.73 Å². The van der Waals surface area contributed by atoms with Gasteiger partial charge in [0, 0.05) is 17.0 Å². The van der Waals surface area contributed by atoms with E-state index < -0.39 is 6.04 Å². The predicted molar refractivity (Wildman–Crippen MR) is 95.1 cm³/mol. The van der Waals surface area contributed by atoms with Crippen molar-refractivity contribution in [1.29, 1.82) is 0 Å². The van der Waals surface area contributed by atoms with Crippen LogP contribution in [0.1, 0.15) is 29.2 Å². The molecule has 6 heteroatoms. The number of hydrogen-bond acceptors (Lipinski definition) is 2. The number of nitrogens with two attached hydrogens (primary N) is 1. The molecule has 2 aromatic carbocycles. The van der Waals surface area contributed by atoms with Crippen molar-refractivity contribution in [2.24, 2.45) is 10.8 Å². The number of hydrazone groups is 1. The van der Waals surface area contributed by atoms with Crippen LogP contribution in [0.25, 0.3) is 0 Å². The second kappa shape index (κ2) is 6.26. The highest BCUT2D eigenvalue weighted by Crippen LogP contribution is 2.37. The van der Waals surface area contributed by atoms with Gasteiger partial charge in [-0.3, -0.25) is 0 Å². The summed E-state index contributed by atoms with van der Waals surface area (Å²) in [6.07, 6.45) is 0.487. The van der Waals surface area contributed by atoms with Crippen molar-refractivity contribution >= 4 is 34.6 Å². The topological polar surface area (TPSA) is 41.6 Å². The molecule has 1 unspecified atom stereocenters. The summed E-state index contributed by atoms with van der Waals surface area (Å²) in [5, 5.41) is 6.39. The van der Waals surface area contributed by atoms with Crippen molar-refractivity contribution in [2.75, 3.05) is 0 Å². The summed E-state index contributed by atoms with van der Waals surface area (Å²) in [5.41, 5.74) is 9.07. The fourth-order valence-corrected chi connectivity index (χ4v) is 3.14. The zero-order chi connectivity index (χ0) is 16.6. The van der Waals surface area contributed by atoms with Crippen LogP contribution in [0.2, 0.25) is 5.02 Å². The van der Waals surface area contributed by atoms with Gasteiger partial charge in [-0.05, 0) is 36.8 Å². The van der Waals surface area contributed by atoms with Crippen LogP contribution in [0.3, 0.4) is 0 Å². The van der Waals surface area contributed by atoms with Gasteiger partial charge in [-0.15, -0.1) is 0 Å². The third kappa shape index (κ3) is 3.07. The van der Waals surface area contributed by atoms with Crippen molar-refractivity contribution in [3.63, 3.8) is 0 Å². The smallest absolute Gasteiger partial charge is 0.187 e. The van der Waals surface area contributed by atoms with Gasteiger partial charge in [-0.2, -0.15) is 5.10 Å². The number of benzene rings is 2. The highest BCUT2D eigenvalue weighted by Gasteiger charge is 2.33. The molecule has 1 aliphatic heterocycles. The maximum atomic E-state index is 14.3. The van der Waals surface area contributed by atoms with Crippen molar-refractivity contribution < 1.29 is 4.39 Å². The van der Waals surface area contributed by atoms with E-state index in [1.807, 2.05) is 31.2 Å². The first kappa shape index (κ1) is 15.9. The fraction of sp³-hybridized carbons (Fsp3) is 0.176. The molecule has 2 N–H and O–H groups in total. The van der Waals surface area contributed by atoms with Crippen LogP contribution in [0.5, 0.6) is 0 Å². The van der Waals surface area contributed by atoms with Gasteiger partial charge in [0.25, 0.3) is 0 Å². The maximum absolute atomic E-state index is 14.3. The van der Waals surface area contributed by atoms with Gasteiger partial charge in [0.2, 0.25) is 0 Å². The van der Waals surface area contributed by atoms with Gasteiger partial charge < -0.3 is 5.73 Å². The lowest BCUT2D eigenvalue weighted by molar-refractivity contribution is 0.362.